The number of fused-ring (bicyclic) bond motifs is 3. The molecule has 0 aliphatic carbocycles. The summed E-state index contributed by atoms with van der Waals surface area (Å²) in [7, 11) is 3.00. The zero-order chi connectivity index (χ0) is 20.0. The van der Waals surface area contributed by atoms with E-state index in [9.17, 15) is 4.79 Å². The van der Waals surface area contributed by atoms with Crippen LogP contribution in [0.2, 0.25) is 10.0 Å². The number of nitrogens with one attached hydrogen (secondary N) is 1. The van der Waals surface area contributed by atoms with Crippen LogP contribution in [0.5, 0.6) is 11.6 Å². The van der Waals surface area contributed by atoms with E-state index >= 15 is 0 Å². The number of pyridine rings is 1. The number of ether oxygens (including phenoxy) is 2. The average molecular weight is 422 g/mol. The van der Waals surface area contributed by atoms with Crippen LogP contribution < -0.4 is 9.47 Å². The summed E-state index contributed by atoms with van der Waals surface area (Å²) in [5.74, 6) is 0.588. The van der Waals surface area contributed by atoms with Gasteiger partial charge < -0.3 is 19.4 Å². The highest BCUT2D eigenvalue weighted by Gasteiger charge is 2.34. The molecule has 0 saturated carbocycles. The SMILES string of the molecule is COc1cnc(C(=O)N2CCc3[nH]c4c(Cl)c(Cl)c(OC)nc4c3[C@H]2C)nc1. The summed E-state index contributed by atoms with van der Waals surface area (Å²) in [6.07, 6.45) is 3.56. The molecular formula is C18H17Cl2N5O3. The summed E-state index contributed by atoms with van der Waals surface area (Å²) in [4.78, 5) is 30.7. The molecule has 1 aliphatic rings. The van der Waals surface area contributed by atoms with Gasteiger partial charge in [-0.25, -0.2) is 15.0 Å². The van der Waals surface area contributed by atoms with Crippen molar-refractivity contribution in [2.75, 3.05) is 20.8 Å². The number of carbonyl (C=O) groups excluding carboxylic acids is 1. The number of halogens is 2. The maximum Gasteiger partial charge on any atom is 0.292 e. The molecule has 1 aliphatic heterocycles. The van der Waals surface area contributed by atoms with Crippen molar-refractivity contribution in [3.63, 3.8) is 0 Å². The molecule has 146 valence electrons. The van der Waals surface area contributed by atoms with Crippen molar-refractivity contribution in [1.29, 1.82) is 0 Å². The number of hydrogen-bond acceptors (Lipinski definition) is 6. The van der Waals surface area contributed by atoms with Crippen LogP contribution in [-0.2, 0) is 6.42 Å². The van der Waals surface area contributed by atoms with Crippen molar-refractivity contribution in [1.82, 2.24) is 24.8 Å². The Labute approximate surface area is 170 Å². The van der Waals surface area contributed by atoms with E-state index in [1.54, 1.807) is 4.90 Å². The fourth-order valence-electron chi connectivity index (χ4n) is 3.49. The van der Waals surface area contributed by atoms with Crippen LogP contribution >= 0.6 is 23.2 Å². The molecule has 0 bridgehead atoms. The third kappa shape index (κ3) is 2.84. The second-order valence-corrected chi connectivity index (χ2v) is 7.12. The van der Waals surface area contributed by atoms with Crippen molar-refractivity contribution < 1.29 is 14.3 Å². The Balaban J connectivity index is 1.75. The normalized spacial score (nSPS) is 16.2. The van der Waals surface area contributed by atoms with E-state index in [-0.39, 0.29) is 28.7 Å². The monoisotopic (exact) mass is 421 g/mol. The molecule has 0 saturated heterocycles. The molecular weight excluding hydrogens is 405 g/mol. The highest BCUT2D eigenvalue weighted by Crippen LogP contribution is 2.42. The molecule has 3 aromatic rings. The zero-order valence-corrected chi connectivity index (χ0v) is 16.9. The average Bonchev–Trinajstić information content (AvgIpc) is 3.10. The molecule has 0 radical (unpaired) electrons. The van der Waals surface area contributed by atoms with E-state index in [0.717, 1.165) is 11.3 Å². The first kappa shape index (κ1) is 18.8. The van der Waals surface area contributed by atoms with Crippen LogP contribution in [0.1, 0.15) is 34.8 Å². The number of amides is 1. The number of carbonyl (C=O) groups is 1. The molecule has 8 nitrogen and oxygen atoms in total. The number of nitrogens with zero attached hydrogens (tertiary/aromatic N) is 4. The lowest BCUT2D eigenvalue weighted by atomic mass is 9.99. The van der Waals surface area contributed by atoms with Gasteiger partial charge >= 0.3 is 0 Å². The van der Waals surface area contributed by atoms with Crippen LogP contribution in [-0.4, -0.2) is 51.5 Å². The van der Waals surface area contributed by atoms with E-state index in [2.05, 4.69) is 19.9 Å². The molecule has 4 heterocycles. The van der Waals surface area contributed by atoms with Crippen molar-refractivity contribution >= 4 is 40.1 Å². The fourth-order valence-corrected chi connectivity index (χ4v) is 3.92. The Morgan fingerprint density at radius 1 is 1.21 bits per heavy atom. The lowest BCUT2D eigenvalue weighted by molar-refractivity contribution is 0.0665. The van der Waals surface area contributed by atoms with E-state index in [1.165, 1.54) is 26.6 Å². The van der Waals surface area contributed by atoms with Gasteiger partial charge in [0.15, 0.2) is 5.75 Å². The maximum atomic E-state index is 13.0. The third-order valence-corrected chi connectivity index (χ3v) is 5.73. The number of aromatic nitrogens is 4. The second kappa shape index (κ2) is 7.10. The van der Waals surface area contributed by atoms with Crippen molar-refractivity contribution in [3.05, 3.63) is 39.5 Å². The van der Waals surface area contributed by atoms with Crippen LogP contribution in [0, 0.1) is 0 Å². The molecule has 1 atom stereocenters. The minimum Gasteiger partial charge on any atom is -0.494 e. The van der Waals surface area contributed by atoms with Gasteiger partial charge in [0.1, 0.15) is 5.02 Å². The van der Waals surface area contributed by atoms with E-state index < -0.39 is 0 Å². The van der Waals surface area contributed by atoms with Gasteiger partial charge in [0.2, 0.25) is 11.7 Å². The lowest BCUT2D eigenvalue weighted by Gasteiger charge is -2.33. The first-order chi connectivity index (χ1) is 13.5. The molecule has 0 spiro atoms. The molecule has 0 fully saturated rings. The first-order valence-electron chi connectivity index (χ1n) is 8.56. The van der Waals surface area contributed by atoms with E-state index in [0.29, 0.717) is 34.8 Å². The zero-order valence-electron chi connectivity index (χ0n) is 15.4. The number of rotatable bonds is 3. The van der Waals surface area contributed by atoms with Gasteiger partial charge in [-0.2, -0.15) is 0 Å². The standard InChI is InChI=1S/C18H17Cl2N5O3/c1-8-11-10(23-15-12(19)13(20)17(28-3)24-14(11)15)4-5-25(8)18(26)16-21-6-9(27-2)7-22-16/h6-8,23H,4-5H2,1-3H3/t8-/m1/s1. The van der Waals surface area contributed by atoms with Crippen LogP contribution in [0.3, 0.4) is 0 Å². The largest absolute Gasteiger partial charge is 0.494 e. The van der Waals surface area contributed by atoms with Gasteiger partial charge in [-0.15, -0.1) is 0 Å². The van der Waals surface area contributed by atoms with Gasteiger partial charge in [-0.3, -0.25) is 4.79 Å². The lowest BCUT2D eigenvalue weighted by Crippen LogP contribution is -2.39. The van der Waals surface area contributed by atoms with Gasteiger partial charge in [0.25, 0.3) is 5.91 Å². The molecule has 3 aromatic heterocycles. The summed E-state index contributed by atoms with van der Waals surface area (Å²) < 4.78 is 10.3. The predicted octanol–water partition coefficient (Wildman–Crippen LogP) is 3.44. The molecule has 28 heavy (non-hydrogen) atoms. The van der Waals surface area contributed by atoms with Gasteiger partial charge in [-0.05, 0) is 6.92 Å². The molecule has 0 unspecified atom stereocenters. The first-order valence-corrected chi connectivity index (χ1v) is 9.32. The second-order valence-electron chi connectivity index (χ2n) is 6.36. The van der Waals surface area contributed by atoms with Crippen LogP contribution in [0.4, 0.5) is 0 Å². The van der Waals surface area contributed by atoms with Crippen molar-refractivity contribution in [2.24, 2.45) is 0 Å². The summed E-state index contributed by atoms with van der Waals surface area (Å²) in [5.41, 5.74) is 3.14. The van der Waals surface area contributed by atoms with Crippen LogP contribution in [0.25, 0.3) is 11.0 Å². The Hall–Kier alpha value is -2.58. The number of H-pyrrole nitrogens is 1. The predicted molar refractivity (Wildman–Crippen MR) is 104 cm³/mol. The van der Waals surface area contributed by atoms with E-state index in [1.807, 2.05) is 6.92 Å². The third-order valence-electron chi connectivity index (χ3n) is 4.90. The number of hydrogen-bond donors (Lipinski definition) is 1. The summed E-state index contributed by atoms with van der Waals surface area (Å²) in [6, 6.07) is -0.259. The Kier molecular flexibility index (Phi) is 4.76. The van der Waals surface area contributed by atoms with Gasteiger partial charge in [0.05, 0.1) is 48.7 Å². The minimum atomic E-state index is -0.262. The Bertz CT molecular complexity index is 1070. The molecule has 1 amide bonds. The summed E-state index contributed by atoms with van der Waals surface area (Å²) in [6.45, 7) is 2.45. The molecule has 0 aromatic carbocycles. The van der Waals surface area contributed by atoms with Gasteiger partial charge in [-0.1, -0.05) is 23.2 Å². The quantitative estimate of drug-likeness (QED) is 0.695. The smallest absolute Gasteiger partial charge is 0.292 e. The molecule has 4 rings (SSSR count). The highest BCUT2D eigenvalue weighted by molar-refractivity contribution is 6.45. The van der Waals surface area contributed by atoms with Crippen molar-refractivity contribution in [2.45, 2.75) is 19.4 Å². The number of aromatic amines is 1. The molecule has 10 heteroatoms. The Morgan fingerprint density at radius 2 is 1.93 bits per heavy atom. The number of methoxy groups -OCH3 is 2. The highest BCUT2D eigenvalue weighted by atomic mass is 35.5. The van der Waals surface area contributed by atoms with Crippen molar-refractivity contribution in [3.8, 4) is 11.6 Å². The van der Waals surface area contributed by atoms with Crippen LogP contribution in [0.15, 0.2) is 12.4 Å². The fraction of sp³-hybridized carbons (Fsp3) is 0.333. The Morgan fingerprint density at radius 3 is 2.57 bits per heavy atom. The minimum absolute atomic E-state index is 0.113. The maximum absolute atomic E-state index is 13.0. The van der Waals surface area contributed by atoms with E-state index in [4.69, 9.17) is 32.7 Å². The summed E-state index contributed by atoms with van der Waals surface area (Å²) >= 11 is 12.6. The summed E-state index contributed by atoms with van der Waals surface area (Å²) in [5, 5.41) is 0.601. The molecule has 1 N–H and O–H groups in total. The topological polar surface area (TPSA) is 93.2 Å². The van der Waals surface area contributed by atoms with Gasteiger partial charge in [0, 0.05) is 24.2 Å².